The van der Waals surface area contributed by atoms with Gasteiger partial charge in [-0.05, 0) is 35.9 Å². The molecule has 0 atom stereocenters. The van der Waals surface area contributed by atoms with E-state index in [4.69, 9.17) is 9.47 Å². The van der Waals surface area contributed by atoms with E-state index in [0.29, 0.717) is 24.5 Å². The van der Waals surface area contributed by atoms with Gasteiger partial charge in [-0.2, -0.15) is 0 Å². The first kappa shape index (κ1) is 16.5. The summed E-state index contributed by atoms with van der Waals surface area (Å²) >= 11 is 0. The maximum atomic E-state index is 11.8. The van der Waals surface area contributed by atoms with Gasteiger partial charge in [0, 0.05) is 30.9 Å². The number of benzene rings is 1. The summed E-state index contributed by atoms with van der Waals surface area (Å²) in [6, 6.07) is 11.2. The highest BCUT2D eigenvalue weighted by molar-refractivity contribution is 5.91. The van der Waals surface area contributed by atoms with Crippen LogP contribution in [0.2, 0.25) is 0 Å². The van der Waals surface area contributed by atoms with E-state index in [1.54, 1.807) is 32.6 Å². The predicted octanol–water partition coefficient (Wildman–Crippen LogP) is 2.47. The summed E-state index contributed by atoms with van der Waals surface area (Å²) in [6.45, 7) is 0.548. The molecule has 0 unspecified atom stereocenters. The van der Waals surface area contributed by atoms with Crippen molar-refractivity contribution >= 4 is 12.0 Å². The Bertz CT molecular complexity index is 669. The minimum atomic E-state index is -0.143. The maximum absolute atomic E-state index is 11.8. The molecule has 0 bridgehead atoms. The molecule has 2 rings (SSSR count). The summed E-state index contributed by atoms with van der Waals surface area (Å²) in [5.74, 6) is 1.14. The van der Waals surface area contributed by atoms with Crippen LogP contribution < -0.4 is 14.8 Å². The number of nitrogens with zero attached hydrogens (tertiary/aromatic N) is 1. The lowest BCUT2D eigenvalue weighted by Gasteiger charge is -2.07. The lowest BCUT2D eigenvalue weighted by molar-refractivity contribution is -0.116. The predicted molar refractivity (Wildman–Crippen MR) is 89.5 cm³/mol. The highest BCUT2D eigenvalue weighted by Gasteiger charge is 2.03. The molecule has 0 fully saturated rings. The third-order valence-electron chi connectivity index (χ3n) is 3.24. The number of hydrogen-bond donors (Lipinski definition) is 1. The topological polar surface area (TPSA) is 60.5 Å². The van der Waals surface area contributed by atoms with Crippen LogP contribution in [-0.2, 0) is 11.2 Å². The molecule has 1 aromatic heterocycles. The minimum Gasteiger partial charge on any atom is -0.493 e. The van der Waals surface area contributed by atoms with Crippen molar-refractivity contribution in [1.29, 1.82) is 0 Å². The third kappa shape index (κ3) is 5.14. The Hall–Kier alpha value is -2.82. The van der Waals surface area contributed by atoms with Gasteiger partial charge >= 0.3 is 0 Å². The first-order valence-electron chi connectivity index (χ1n) is 7.31. The smallest absolute Gasteiger partial charge is 0.244 e. The molecule has 1 amide bonds. The van der Waals surface area contributed by atoms with Gasteiger partial charge in [0.1, 0.15) is 0 Å². The molecular formula is C18H20N2O3. The second kappa shape index (κ2) is 8.58. The number of carbonyl (C=O) groups excluding carboxylic acids is 1. The van der Waals surface area contributed by atoms with Gasteiger partial charge in [0.2, 0.25) is 5.91 Å². The van der Waals surface area contributed by atoms with Crippen LogP contribution in [0.3, 0.4) is 0 Å². The van der Waals surface area contributed by atoms with Gasteiger partial charge in [0.25, 0.3) is 0 Å². The van der Waals surface area contributed by atoms with Crippen LogP contribution in [0.5, 0.6) is 11.5 Å². The second-order valence-electron chi connectivity index (χ2n) is 4.81. The average molecular weight is 312 g/mol. The SMILES string of the molecule is COc1ccc(/C=C\C(=O)NCCc2ccccn2)cc1OC. The van der Waals surface area contributed by atoms with Crippen LogP contribution in [0, 0.1) is 0 Å². The van der Waals surface area contributed by atoms with Gasteiger partial charge < -0.3 is 14.8 Å². The van der Waals surface area contributed by atoms with E-state index in [9.17, 15) is 4.79 Å². The summed E-state index contributed by atoms with van der Waals surface area (Å²) in [4.78, 5) is 16.0. The Kier molecular flexibility index (Phi) is 6.17. The van der Waals surface area contributed by atoms with Crippen molar-refractivity contribution in [3.05, 3.63) is 59.9 Å². The quantitative estimate of drug-likeness (QED) is 0.798. The zero-order valence-electron chi connectivity index (χ0n) is 13.3. The molecule has 0 radical (unpaired) electrons. The number of pyridine rings is 1. The van der Waals surface area contributed by atoms with Crippen molar-refractivity contribution in [2.45, 2.75) is 6.42 Å². The number of nitrogens with one attached hydrogen (secondary N) is 1. The zero-order chi connectivity index (χ0) is 16.5. The fraction of sp³-hybridized carbons (Fsp3) is 0.222. The number of carbonyl (C=O) groups is 1. The van der Waals surface area contributed by atoms with Crippen LogP contribution in [0.1, 0.15) is 11.3 Å². The van der Waals surface area contributed by atoms with E-state index in [2.05, 4.69) is 10.3 Å². The molecular weight excluding hydrogens is 292 g/mol. The summed E-state index contributed by atoms with van der Waals surface area (Å²) in [7, 11) is 3.16. The first-order chi connectivity index (χ1) is 11.2. The van der Waals surface area contributed by atoms with E-state index in [1.807, 2.05) is 30.3 Å². The summed E-state index contributed by atoms with van der Waals surface area (Å²) in [5, 5.41) is 2.83. The van der Waals surface area contributed by atoms with E-state index < -0.39 is 0 Å². The molecule has 0 saturated carbocycles. The van der Waals surface area contributed by atoms with Gasteiger partial charge in [-0.3, -0.25) is 9.78 Å². The zero-order valence-corrected chi connectivity index (χ0v) is 13.3. The van der Waals surface area contributed by atoms with Crippen LogP contribution in [0.4, 0.5) is 0 Å². The molecule has 5 heteroatoms. The first-order valence-corrected chi connectivity index (χ1v) is 7.31. The molecule has 1 aromatic carbocycles. The third-order valence-corrected chi connectivity index (χ3v) is 3.24. The van der Waals surface area contributed by atoms with Crippen molar-refractivity contribution in [2.75, 3.05) is 20.8 Å². The van der Waals surface area contributed by atoms with Crippen LogP contribution in [0.25, 0.3) is 6.08 Å². The lowest BCUT2D eigenvalue weighted by Crippen LogP contribution is -2.23. The number of amides is 1. The standard InChI is InChI=1S/C18H20N2O3/c1-22-16-8-6-14(13-17(16)23-2)7-9-18(21)20-12-10-15-5-3-4-11-19-15/h3-9,11,13H,10,12H2,1-2H3,(H,20,21)/b9-7-. The Labute approximate surface area is 136 Å². The van der Waals surface area contributed by atoms with Crippen molar-refractivity contribution in [1.82, 2.24) is 10.3 Å². The number of aromatic nitrogens is 1. The number of ether oxygens (including phenoxy) is 2. The average Bonchev–Trinajstić information content (AvgIpc) is 2.60. The number of methoxy groups -OCH3 is 2. The molecule has 23 heavy (non-hydrogen) atoms. The molecule has 0 aliphatic rings. The molecule has 5 nitrogen and oxygen atoms in total. The Balaban J connectivity index is 1.86. The van der Waals surface area contributed by atoms with E-state index in [1.165, 1.54) is 6.08 Å². The number of hydrogen-bond acceptors (Lipinski definition) is 4. The van der Waals surface area contributed by atoms with Crippen LogP contribution in [-0.4, -0.2) is 31.7 Å². The molecule has 1 N–H and O–H groups in total. The fourth-order valence-corrected chi connectivity index (χ4v) is 2.05. The van der Waals surface area contributed by atoms with Crippen molar-refractivity contribution in [3.8, 4) is 11.5 Å². The summed E-state index contributed by atoms with van der Waals surface area (Å²) < 4.78 is 10.4. The van der Waals surface area contributed by atoms with Crippen LogP contribution >= 0.6 is 0 Å². The largest absolute Gasteiger partial charge is 0.493 e. The van der Waals surface area contributed by atoms with Gasteiger partial charge in [0.05, 0.1) is 14.2 Å². The van der Waals surface area contributed by atoms with Gasteiger partial charge in [-0.15, -0.1) is 0 Å². The van der Waals surface area contributed by atoms with Gasteiger partial charge in [0.15, 0.2) is 11.5 Å². The monoisotopic (exact) mass is 312 g/mol. The van der Waals surface area contributed by atoms with Crippen molar-refractivity contribution in [3.63, 3.8) is 0 Å². The summed E-state index contributed by atoms with van der Waals surface area (Å²) in [5.41, 5.74) is 1.82. The van der Waals surface area contributed by atoms with E-state index in [-0.39, 0.29) is 5.91 Å². The highest BCUT2D eigenvalue weighted by Crippen LogP contribution is 2.27. The van der Waals surface area contributed by atoms with Crippen LogP contribution in [0.15, 0.2) is 48.7 Å². The van der Waals surface area contributed by atoms with Gasteiger partial charge in [-0.25, -0.2) is 0 Å². The van der Waals surface area contributed by atoms with E-state index >= 15 is 0 Å². The maximum Gasteiger partial charge on any atom is 0.244 e. The van der Waals surface area contributed by atoms with Gasteiger partial charge in [-0.1, -0.05) is 12.1 Å². The Morgan fingerprint density at radius 2 is 2.00 bits per heavy atom. The van der Waals surface area contributed by atoms with Crippen molar-refractivity contribution in [2.24, 2.45) is 0 Å². The molecule has 0 spiro atoms. The van der Waals surface area contributed by atoms with Crippen molar-refractivity contribution < 1.29 is 14.3 Å². The minimum absolute atomic E-state index is 0.143. The normalized spacial score (nSPS) is 10.5. The fourth-order valence-electron chi connectivity index (χ4n) is 2.05. The molecule has 0 saturated heterocycles. The summed E-state index contributed by atoms with van der Waals surface area (Å²) in [6.07, 6.45) is 5.68. The second-order valence-corrected chi connectivity index (χ2v) is 4.81. The number of rotatable bonds is 7. The highest BCUT2D eigenvalue weighted by atomic mass is 16.5. The molecule has 2 aromatic rings. The Morgan fingerprint density at radius 1 is 1.17 bits per heavy atom. The lowest BCUT2D eigenvalue weighted by atomic mass is 10.2. The Morgan fingerprint density at radius 3 is 2.70 bits per heavy atom. The molecule has 120 valence electrons. The molecule has 0 aliphatic carbocycles. The molecule has 0 aliphatic heterocycles. The van der Waals surface area contributed by atoms with E-state index in [0.717, 1.165) is 11.3 Å². The molecule has 1 heterocycles.